The molecule has 0 atom stereocenters. The summed E-state index contributed by atoms with van der Waals surface area (Å²) in [6.07, 6.45) is -4.19. The predicted octanol–water partition coefficient (Wildman–Crippen LogP) is 3.45. The summed E-state index contributed by atoms with van der Waals surface area (Å²) in [5.74, 6) is -1.06. The molecule has 0 radical (unpaired) electrons. The summed E-state index contributed by atoms with van der Waals surface area (Å²) in [5, 5.41) is 0. The minimum Gasteiger partial charge on any atom is -0.384 e. The number of hydrogen-bond acceptors (Lipinski definition) is 3. The number of rotatable bonds is 2. The Morgan fingerprint density at radius 3 is 2.45 bits per heavy atom. The summed E-state index contributed by atoms with van der Waals surface area (Å²) in [5.41, 5.74) is 4.66. The van der Waals surface area contributed by atoms with Gasteiger partial charge in [-0.15, -0.1) is 0 Å². The summed E-state index contributed by atoms with van der Waals surface area (Å²) in [6.45, 7) is 1.79. The van der Waals surface area contributed by atoms with Crippen LogP contribution in [-0.2, 0) is 12.6 Å². The van der Waals surface area contributed by atoms with E-state index in [0.29, 0.717) is 18.2 Å². The number of nitrogen functional groups attached to an aromatic ring is 1. The van der Waals surface area contributed by atoms with Gasteiger partial charge < -0.3 is 5.73 Å². The number of anilines is 1. The standard InChI is InChI=1S/C13H11F4N3/c1-2-8-6-11(18)20-12(19-8)9-4-3-7(14)5-10(9)13(15,16)17/h3-6H,2H2,1H3,(H2,18,19,20). The van der Waals surface area contributed by atoms with E-state index in [4.69, 9.17) is 5.73 Å². The first-order chi connectivity index (χ1) is 9.31. The van der Waals surface area contributed by atoms with Crippen molar-refractivity contribution < 1.29 is 17.6 Å². The highest BCUT2D eigenvalue weighted by Crippen LogP contribution is 2.36. The molecule has 1 aromatic heterocycles. The van der Waals surface area contributed by atoms with E-state index in [9.17, 15) is 17.6 Å². The second-order valence-electron chi connectivity index (χ2n) is 4.15. The molecule has 2 N–H and O–H groups in total. The van der Waals surface area contributed by atoms with Crippen LogP contribution in [0.1, 0.15) is 18.2 Å². The summed E-state index contributed by atoms with van der Waals surface area (Å²) in [6, 6.07) is 3.85. The fourth-order valence-corrected chi connectivity index (χ4v) is 1.77. The third-order valence-corrected chi connectivity index (χ3v) is 2.69. The molecule has 7 heteroatoms. The van der Waals surface area contributed by atoms with E-state index in [2.05, 4.69) is 9.97 Å². The van der Waals surface area contributed by atoms with Gasteiger partial charge >= 0.3 is 6.18 Å². The molecule has 2 rings (SSSR count). The Labute approximate surface area is 112 Å². The highest BCUT2D eigenvalue weighted by molar-refractivity contribution is 5.62. The van der Waals surface area contributed by atoms with Gasteiger partial charge in [0.05, 0.1) is 5.56 Å². The Kier molecular flexibility index (Phi) is 3.61. The van der Waals surface area contributed by atoms with Crippen molar-refractivity contribution in [3.05, 3.63) is 41.3 Å². The van der Waals surface area contributed by atoms with Crippen LogP contribution in [0, 0.1) is 5.82 Å². The fourth-order valence-electron chi connectivity index (χ4n) is 1.77. The van der Waals surface area contributed by atoms with E-state index in [1.54, 1.807) is 6.92 Å². The van der Waals surface area contributed by atoms with Gasteiger partial charge in [0.25, 0.3) is 0 Å². The lowest BCUT2D eigenvalue weighted by atomic mass is 10.1. The van der Waals surface area contributed by atoms with Crippen LogP contribution < -0.4 is 5.73 Å². The first kappa shape index (κ1) is 14.2. The summed E-state index contributed by atoms with van der Waals surface area (Å²) < 4.78 is 51.9. The zero-order chi connectivity index (χ0) is 14.9. The maximum Gasteiger partial charge on any atom is 0.417 e. The normalized spacial score (nSPS) is 11.7. The first-order valence-corrected chi connectivity index (χ1v) is 5.82. The molecule has 0 saturated carbocycles. The second kappa shape index (κ2) is 5.07. The third-order valence-electron chi connectivity index (χ3n) is 2.69. The van der Waals surface area contributed by atoms with Crippen LogP contribution in [0.25, 0.3) is 11.4 Å². The largest absolute Gasteiger partial charge is 0.417 e. The maximum atomic E-state index is 13.1. The fraction of sp³-hybridized carbons (Fsp3) is 0.231. The topological polar surface area (TPSA) is 51.8 Å². The van der Waals surface area contributed by atoms with Crippen molar-refractivity contribution in [3.8, 4) is 11.4 Å². The van der Waals surface area contributed by atoms with Gasteiger partial charge in [-0.25, -0.2) is 14.4 Å². The van der Waals surface area contributed by atoms with Gasteiger partial charge in [-0.1, -0.05) is 6.92 Å². The number of alkyl halides is 3. The molecule has 0 aliphatic heterocycles. The van der Waals surface area contributed by atoms with E-state index >= 15 is 0 Å². The molecule has 0 saturated heterocycles. The van der Waals surface area contributed by atoms with Crippen molar-refractivity contribution in [1.29, 1.82) is 0 Å². The molecular weight excluding hydrogens is 274 g/mol. The van der Waals surface area contributed by atoms with E-state index in [0.717, 1.165) is 12.1 Å². The maximum absolute atomic E-state index is 13.1. The molecule has 2 aromatic rings. The van der Waals surface area contributed by atoms with Gasteiger partial charge in [-0.2, -0.15) is 13.2 Å². The molecule has 1 aromatic carbocycles. The van der Waals surface area contributed by atoms with Crippen molar-refractivity contribution in [1.82, 2.24) is 9.97 Å². The minimum atomic E-state index is -4.70. The lowest BCUT2D eigenvalue weighted by molar-refractivity contribution is -0.137. The second-order valence-corrected chi connectivity index (χ2v) is 4.15. The zero-order valence-electron chi connectivity index (χ0n) is 10.5. The van der Waals surface area contributed by atoms with Crippen LogP contribution in [0.2, 0.25) is 0 Å². The van der Waals surface area contributed by atoms with Crippen LogP contribution in [0.3, 0.4) is 0 Å². The van der Waals surface area contributed by atoms with Crippen LogP contribution in [-0.4, -0.2) is 9.97 Å². The van der Waals surface area contributed by atoms with Gasteiger partial charge in [0.15, 0.2) is 5.82 Å². The number of benzene rings is 1. The lowest BCUT2D eigenvalue weighted by Crippen LogP contribution is -2.10. The highest BCUT2D eigenvalue weighted by atomic mass is 19.4. The summed E-state index contributed by atoms with van der Waals surface area (Å²) >= 11 is 0. The van der Waals surface area contributed by atoms with Gasteiger partial charge in [0, 0.05) is 17.3 Å². The molecule has 20 heavy (non-hydrogen) atoms. The van der Waals surface area contributed by atoms with E-state index in [1.165, 1.54) is 6.07 Å². The average molecular weight is 285 g/mol. The minimum absolute atomic E-state index is 0.0734. The third kappa shape index (κ3) is 2.87. The molecule has 0 unspecified atom stereocenters. The molecule has 0 amide bonds. The van der Waals surface area contributed by atoms with Gasteiger partial charge in [0.1, 0.15) is 11.6 Å². The number of aryl methyl sites for hydroxylation is 1. The Bertz CT molecular complexity index is 638. The van der Waals surface area contributed by atoms with Crippen LogP contribution >= 0.6 is 0 Å². The van der Waals surface area contributed by atoms with E-state index in [-0.39, 0.29) is 17.2 Å². The molecule has 0 fully saturated rings. The lowest BCUT2D eigenvalue weighted by Gasteiger charge is -2.13. The molecular formula is C13H11F4N3. The monoisotopic (exact) mass is 285 g/mol. The summed E-state index contributed by atoms with van der Waals surface area (Å²) in [4.78, 5) is 7.81. The van der Waals surface area contributed by atoms with Crippen molar-refractivity contribution in [2.24, 2.45) is 0 Å². The Morgan fingerprint density at radius 1 is 1.15 bits per heavy atom. The van der Waals surface area contributed by atoms with Crippen LogP contribution in [0.5, 0.6) is 0 Å². The number of nitrogens with two attached hydrogens (primary N) is 1. The Balaban J connectivity index is 2.66. The molecule has 106 valence electrons. The molecule has 0 aliphatic rings. The van der Waals surface area contributed by atoms with E-state index in [1.807, 2.05) is 0 Å². The number of aromatic nitrogens is 2. The van der Waals surface area contributed by atoms with Crippen molar-refractivity contribution in [3.63, 3.8) is 0 Å². The Morgan fingerprint density at radius 2 is 1.85 bits per heavy atom. The van der Waals surface area contributed by atoms with Gasteiger partial charge in [-0.3, -0.25) is 0 Å². The molecule has 0 bridgehead atoms. The van der Waals surface area contributed by atoms with Crippen molar-refractivity contribution >= 4 is 5.82 Å². The van der Waals surface area contributed by atoms with Crippen molar-refractivity contribution in [2.45, 2.75) is 19.5 Å². The van der Waals surface area contributed by atoms with Gasteiger partial charge in [-0.05, 0) is 24.6 Å². The SMILES string of the molecule is CCc1cc(N)nc(-c2ccc(F)cc2C(F)(F)F)n1. The quantitative estimate of drug-likeness (QED) is 0.860. The van der Waals surface area contributed by atoms with Crippen LogP contribution in [0.15, 0.2) is 24.3 Å². The molecule has 0 spiro atoms. The van der Waals surface area contributed by atoms with E-state index < -0.39 is 17.6 Å². The van der Waals surface area contributed by atoms with Gasteiger partial charge in [0.2, 0.25) is 0 Å². The number of hydrogen-bond donors (Lipinski definition) is 1. The highest BCUT2D eigenvalue weighted by Gasteiger charge is 2.35. The first-order valence-electron chi connectivity index (χ1n) is 5.82. The Hall–Kier alpha value is -2.18. The summed E-state index contributed by atoms with van der Waals surface area (Å²) in [7, 11) is 0. The molecule has 1 heterocycles. The van der Waals surface area contributed by atoms with Crippen LogP contribution in [0.4, 0.5) is 23.4 Å². The molecule has 3 nitrogen and oxygen atoms in total. The smallest absolute Gasteiger partial charge is 0.384 e. The number of halogens is 4. The average Bonchev–Trinajstić information content (AvgIpc) is 2.36. The molecule has 0 aliphatic carbocycles. The zero-order valence-corrected chi connectivity index (χ0v) is 10.5. The number of nitrogens with zero attached hydrogens (tertiary/aromatic N) is 2. The predicted molar refractivity (Wildman–Crippen MR) is 66.2 cm³/mol. The van der Waals surface area contributed by atoms with Crippen molar-refractivity contribution in [2.75, 3.05) is 5.73 Å².